The van der Waals surface area contributed by atoms with E-state index in [4.69, 9.17) is 4.74 Å². The number of amides is 2. The lowest BCUT2D eigenvalue weighted by molar-refractivity contribution is -0.174. The number of nitrogens with one attached hydrogen (secondary N) is 2. The first-order valence-corrected chi connectivity index (χ1v) is 5.09. The Labute approximate surface area is 98.5 Å². The standard InChI is InChI=1S/C10H16N2O5/c1-5-10(16,12-7(3)14)9(15)8(4-17-5)11-6(2)13/h4-5,9,15-16H,1-3H3,(H,11,13)(H,12,14)/t5-,9-,10-/m1/s1. The van der Waals surface area contributed by atoms with Crippen LogP contribution in [-0.4, -0.2) is 40.0 Å². The third-order valence-corrected chi connectivity index (χ3v) is 2.43. The van der Waals surface area contributed by atoms with Gasteiger partial charge in [0, 0.05) is 13.8 Å². The second-order valence-electron chi connectivity index (χ2n) is 3.94. The number of aliphatic hydroxyl groups is 2. The number of carbonyl (C=O) groups excluding carboxylic acids is 2. The predicted molar refractivity (Wildman–Crippen MR) is 57.2 cm³/mol. The van der Waals surface area contributed by atoms with Gasteiger partial charge in [-0.3, -0.25) is 9.59 Å². The molecule has 0 spiro atoms. The molecule has 0 aromatic heterocycles. The molecular formula is C10H16N2O5. The molecule has 1 aliphatic rings. The van der Waals surface area contributed by atoms with Gasteiger partial charge in [0.25, 0.3) is 0 Å². The summed E-state index contributed by atoms with van der Waals surface area (Å²) < 4.78 is 5.08. The minimum atomic E-state index is -1.97. The smallest absolute Gasteiger partial charge is 0.221 e. The van der Waals surface area contributed by atoms with Gasteiger partial charge in [-0.15, -0.1) is 0 Å². The Kier molecular flexibility index (Phi) is 3.74. The average Bonchev–Trinajstić information content (AvgIpc) is 2.18. The first-order valence-electron chi connectivity index (χ1n) is 5.09. The highest BCUT2D eigenvalue weighted by molar-refractivity contribution is 5.76. The zero-order chi connectivity index (χ0) is 13.2. The Balaban J connectivity index is 2.96. The third-order valence-electron chi connectivity index (χ3n) is 2.43. The lowest BCUT2D eigenvalue weighted by atomic mass is 9.96. The van der Waals surface area contributed by atoms with E-state index in [1.807, 2.05) is 0 Å². The molecule has 7 heteroatoms. The van der Waals surface area contributed by atoms with Gasteiger partial charge in [0.15, 0.2) is 0 Å². The summed E-state index contributed by atoms with van der Waals surface area (Å²) in [6.45, 7) is 3.94. The zero-order valence-corrected chi connectivity index (χ0v) is 9.85. The maximum Gasteiger partial charge on any atom is 0.221 e. The van der Waals surface area contributed by atoms with E-state index in [0.717, 1.165) is 6.26 Å². The van der Waals surface area contributed by atoms with Crippen LogP contribution in [0.5, 0.6) is 0 Å². The molecule has 4 N–H and O–H groups in total. The van der Waals surface area contributed by atoms with Gasteiger partial charge in [-0.2, -0.15) is 0 Å². The first-order chi connectivity index (χ1) is 7.77. The lowest BCUT2D eigenvalue weighted by Gasteiger charge is -2.41. The van der Waals surface area contributed by atoms with Crippen LogP contribution in [0.2, 0.25) is 0 Å². The van der Waals surface area contributed by atoms with Gasteiger partial charge in [-0.25, -0.2) is 0 Å². The van der Waals surface area contributed by atoms with Gasteiger partial charge in [-0.1, -0.05) is 0 Å². The molecule has 0 aliphatic carbocycles. The number of rotatable bonds is 2. The summed E-state index contributed by atoms with van der Waals surface area (Å²) in [7, 11) is 0. The highest BCUT2D eigenvalue weighted by Crippen LogP contribution is 2.25. The van der Waals surface area contributed by atoms with E-state index in [0.29, 0.717) is 0 Å². The van der Waals surface area contributed by atoms with Gasteiger partial charge in [0.2, 0.25) is 17.5 Å². The topological polar surface area (TPSA) is 108 Å². The summed E-state index contributed by atoms with van der Waals surface area (Å²) in [4.78, 5) is 21.9. The molecule has 7 nitrogen and oxygen atoms in total. The molecule has 0 bridgehead atoms. The molecule has 0 saturated heterocycles. The Morgan fingerprint density at radius 1 is 1.41 bits per heavy atom. The van der Waals surface area contributed by atoms with Gasteiger partial charge in [0.1, 0.15) is 18.5 Å². The van der Waals surface area contributed by atoms with Crippen LogP contribution < -0.4 is 10.6 Å². The van der Waals surface area contributed by atoms with Crippen LogP contribution in [0.3, 0.4) is 0 Å². The number of hydrogen-bond donors (Lipinski definition) is 4. The van der Waals surface area contributed by atoms with Crippen molar-refractivity contribution in [2.24, 2.45) is 0 Å². The number of carbonyl (C=O) groups is 2. The van der Waals surface area contributed by atoms with E-state index in [1.165, 1.54) is 20.8 Å². The lowest BCUT2D eigenvalue weighted by Crippen LogP contribution is -2.66. The van der Waals surface area contributed by atoms with E-state index < -0.39 is 29.7 Å². The van der Waals surface area contributed by atoms with Gasteiger partial charge < -0.3 is 25.6 Å². The van der Waals surface area contributed by atoms with Crippen LogP contribution >= 0.6 is 0 Å². The van der Waals surface area contributed by atoms with Crippen molar-refractivity contribution in [3.8, 4) is 0 Å². The maximum atomic E-state index is 11.0. The Hall–Kier alpha value is -1.60. The molecule has 96 valence electrons. The molecule has 0 aromatic rings. The summed E-state index contributed by atoms with van der Waals surface area (Å²) in [5, 5.41) is 24.6. The van der Waals surface area contributed by atoms with Crippen molar-refractivity contribution in [3.63, 3.8) is 0 Å². The second kappa shape index (κ2) is 4.72. The van der Waals surface area contributed by atoms with Crippen LogP contribution in [0.25, 0.3) is 0 Å². The van der Waals surface area contributed by atoms with Crippen LogP contribution in [-0.2, 0) is 14.3 Å². The summed E-state index contributed by atoms with van der Waals surface area (Å²) in [5.41, 5.74) is -1.98. The van der Waals surface area contributed by atoms with Crippen molar-refractivity contribution in [1.29, 1.82) is 0 Å². The van der Waals surface area contributed by atoms with Crippen LogP contribution in [0.15, 0.2) is 12.0 Å². The molecule has 1 aliphatic heterocycles. The minimum absolute atomic E-state index is 0.00755. The van der Waals surface area contributed by atoms with Crippen LogP contribution in [0.4, 0.5) is 0 Å². The molecule has 2 amide bonds. The van der Waals surface area contributed by atoms with Gasteiger partial charge >= 0.3 is 0 Å². The summed E-state index contributed by atoms with van der Waals surface area (Å²) in [5.74, 6) is -0.940. The zero-order valence-electron chi connectivity index (χ0n) is 9.85. The fraction of sp³-hybridized carbons (Fsp3) is 0.600. The Bertz CT molecular complexity index is 368. The summed E-state index contributed by atoms with van der Waals surface area (Å²) in [6.07, 6.45) is -1.18. The van der Waals surface area contributed by atoms with Crippen molar-refractivity contribution in [2.75, 3.05) is 0 Å². The highest BCUT2D eigenvalue weighted by Gasteiger charge is 2.48. The predicted octanol–water partition coefficient (Wildman–Crippen LogP) is -1.43. The summed E-state index contributed by atoms with van der Waals surface area (Å²) in [6, 6.07) is 0. The van der Waals surface area contributed by atoms with Gasteiger partial charge in [0.05, 0.1) is 5.70 Å². The quantitative estimate of drug-likeness (QED) is 0.445. The molecule has 0 radical (unpaired) electrons. The molecule has 1 rings (SSSR count). The molecule has 0 unspecified atom stereocenters. The van der Waals surface area contributed by atoms with E-state index in [2.05, 4.69) is 10.6 Å². The maximum absolute atomic E-state index is 11.0. The highest BCUT2D eigenvalue weighted by atomic mass is 16.5. The molecule has 1 heterocycles. The molecular weight excluding hydrogens is 228 g/mol. The van der Waals surface area contributed by atoms with Crippen molar-refractivity contribution < 1.29 is 24.5 Å². The van der Waals surface area contributed by atoms with Crippen molar-refractivity contribution in [1.82, 2.24) is 10.6 Å². The van der Waals surface area contributed by atoms with Gasteiger partial charge in [-0.05, 0) is 6.92 Å². The first kappa shape index (κ1) is 13.5. The van der Waals surface area contributed by atoms with Crippen molar-refractivity contribution in [2.45, 2.75) is 38.7 Å². The number of hydrogen-bond acceptors (Lipinski definition) is 5. The average molecular weight is 244 g/mol. The van der Waals surface area contributed by atoms with E-state index in [-0.39, 0.29) is 5.70 Å². The minimum Gasteiger partial charge on any atom is -0.491 e. The molecule has 0 saturated carbocycles. The fourth-order valence-corrected chi connectivity index (χ4v) is 1.56. The van der Waals surface area contributed by atoms with E-state index >= 15 is 0 Å². The van der Waals surface area contributed by atoms with Crippen molar-refractivity contribution in [3.05, 3.63) is 12.0 Å². The van der Waals surface area contributed by atoms with E-state index in [9.17, 15) is 19.8 Å². The molecule has 0 aromatic carbocycles. The molecule has 3 atom stereocenters. The SMILES string of the molecule is CC(=O)NC1=CO[C@H](C)[C@](O)(NC(C)=O)[C@@H]1O. The molecule has 17 heavy (non-hydrogen) atoms. The Morgan fingerprint density at radius 3 is 2.47 bits per heavy atom. The Morgan fingerprint density at radius 2 is 2.00 bits per heavy atom. The fourth-order valence-electron chi connectivity index (χ4n) is 1.56. The summed E-state index contributed by atoms with van der Waals surface area (Å²) >= 11 is 0. The molecule has 0 fully saturated rings. The number of aliphatic hydroxyl groups excluding tert-OH is 1. The second-order valence-corrected chi connectivity index (χ2v) is 3.94. The largest absolute Gasteiger partial charge is 0.491 e. The monoisotopic (exact) mass is 244 g/mol. The van der Waals surface area contributed by atoms with E-state index in [1.54, 1.807) is 0 Å². The normalized spacial score (nSPS) is 32.2. The van der Waals surface area contributed by atoms with Crippen molar-refractivity contribution >= 4 is 11.8 Å². The van der Waals surface area contributed by atoms with Crippen LogP contribution in [0.1, 0.15) is 20.8 Å². The van der Waals surface area contributed by atoms with Crippen LogP contribution in [0, 0.1) is 0 Å². The third kappa shape index (κ3) is 2.75. The number of ether oxygens (including phenoxy) is 1.